The van der Waals surface area contributed by atoms with Crippen LogP contribution in [0.1, 0.15) is 10.4 Å². The van der Waals surface area contributed by atoms with E-state index in [0.717, 1.165) is 0 Å². The topological polar surface area (TPSA) is 111 Å². The summed E-state index contributed by atoms with van der Waals surface area (Å²) >= 11 is 11.8. The molecule has 1 N–H and O–H groups in total. The highest BCUT2D eigenvalue weighted by Gasteiger charge is 2.21. The van der Waals surface area contributed by atoms with Crippen molar-refractivity contribution in [1.82, 2.24) is 10.2 Å². The van der Waals surface area contributed by atoms with Crippen LogP contribution in [0.25, 0.3) is 11.5 Å². The van der Waals surface area contributed by atoms with E-state index < -0.39 is 10.8 Å². The lowest BCUT2D eigenvalue weighted by atomic mass is 10.1. The SMILES string of the molecule is O=C(Nc1nnc(-c2cc(Cl)cc(Cl)c2)o1)c1ccccc1[N+](=O)[O-]. The maximum Gasteiger partial charge on any atom is 0.322 e. The van der Waals surface area contributed by atoms with Gasteiger partial charge in [-0.1, -0.05) is 40.4 Å². The van der Waals surface area contributed by atoms with Gasteiger partial charge in [-0.05, 0) is 24.3 Å². The molecule has 0 unspecified atom stereocenters. The molecule has 0 atom stereocenters. The van der Waals surface area contributed by atoms with Gasteiger partial charge in [0.1, 0.15) is 5.56 Å². The van der Waals surface area contributed by atoms with Gasteiger partial charge in [0.05, 0.1) is 4.92 Å². The number of para-hydroxylation sites is 1. The second kappa shape index (κ2) is 6.88. The summed E-state index contributed by atoms with van der Waals surface area (Å²) in [5.41, 5.74) is 0.00982. The third kappa shape index (κ3) is 3.76. The normalized spacial score (nSPS) is 10.5. The van der Waals surface area contributed by atoms with Gasteiger partial charge in [0, 0.05) is 21.7 Å². The molecule has 1 aromatic heterocycles. The number of hydrogen-bond donors (Lipinski definition) is 1. The van der Waals surface area contributed by atoms with Crippen molar-refractivity contribution in [2.24, 2.45) is 0 Å². The number of nitrogens with zero attached hydrogens (tertiary/aromatic N) is 3. The minimum Gasteiger partial charge on any atom is -0.403 e. The van der Waals surface area contributed by atoms with E-state index in [0.29, 0.717) is 15.6 Å². The van der Waals surface area contributed by atoms with Crippen molar-refractivity contribution in [2.75, 3.05) is 5.32 Å². The molecule has 2 aromatic carbocycles. The summed E-state index contributed by atoms with van der Waals surface area (Å²) in [4.78, 5) is 22.5. The van der Waals surface area contributed by atoms with Crippen molar-refractivity contribution in [2.45, 2.75) is 0 Å². The van der Waals surface area contributed by atoms with Gasteiger partial charge in [0.25, 0.3) is 11.6 Å². The number of anilines is 1. The van der Waals surface area contributed by atoms with Gasteiger partial charge in [-0.3, -0.25) is 20.2 Å². The molecule has 1 heterocycles. The van der Waals surface area contributed by atoms with Crippen molar-refractivity contribution >= 4 is 40.8 Å². The Bertz CT molecular complexity index is 953. The zero-order valence-corrected chi connectivity index (χ0v) is 13.8. The Labute approximate surface area is 150 Å². The maximum absolute atomic E-state index is 12.2. The zero-order chi connectivity index (χ0) is 18.0. The van der Waals surface area contributed by atoms with Crippen LogP contribution in [0.15, 0.2) is 46.9 Å². The molecule has 126 valence electrons. The van der Waals surface area contributed by atoms with Gasteiger partial charge in [-0.2, -0.15) is 0 Å². The van der Waals surface area contributed by atoms with Gasteiger partial charge >= 0.3 is 6.01 Å². The van der Waals surface area contributed by atoms with E-state index in [4.69, 9.17) is 27.6 Å². The highest BCUT2D eigenvalue weighted by molar-refractivity contribution is 6.35. The number of aromatic nitrogens is 2. The van der Waals surface area contributed by atoms with Gasteiger partial charge in [-0.25, -0.2) is 0 Å². The molecule has 0 saturated carbocycles. The quantitative estimate of drug-likeness (QED) is 0.537. The fraction of sp³-hybridized carbons (Fsp3) is 0. The molecule has 1 amide bonds. The number of nitro groups is 1. The molecule has 0 spiro atoms. The first-order valence-electron chi connectivity index (χ1n) is 6.79. The van der Waals surface area contributed by atoms with E-state index in [1.807, 2.05) is 0 Å². The van der Waals surface area contributed by atoms with Crippen molar-refractivity contribution in [1.29, 1.82) is 0 Å². The number of nitro benzene ring substituents is 1. The summed E-state index contributed by atoms with van der Waals surface area (Å²) in [5, 5.41) is 21.5. The fourth-order valence-electron chi connectivity index (χ4n) is 2.06. The van der Waals surface area contributed by atoms with Crippen molar-refractivity contribution in [3.63, 3.8) is 0 Å². The summed E-state index contributed by atoms with van der Waals surface area (Å²) in [6, 6.07) is 9.97. The second-order valence-electron chi connectivity index (χ2n) is 4.80. The number of amides is 1. The maximum atomic E-state index is 12.2. The fourth-order valence-corrected chi connectivity index (χ4v) is 2.58. The van der Waals surface area contributed by atoms with Gasteiger partial charge in [-0.15, -0.1) is 5.10 Å². The summed E-state index contributed by atoms with van der Waals surface area (Å²) in [5.74, 6) is -0.658. The van der Waals surface area contributed by atoms with E-state index in [-0.39, 0.29) is 23.2 Å². The largest absolute Gasteiger partial charge is 0.403 e. The van der Waals surface area contributed by atoms with Crippen LogP contribution >= 0.6 is 23.2 Å². The molecule has 0 aliphatic carbocycles. The minimum atomic E-state index is -0.744. The highest BCUT2D eigenvalue weighted by Crippen LogP contribution is 2.27. The van der Waals surface area contributed by atoms with E-state index >= 15 is 0 Å². The molecule has 0 fully saturated rings. The molecule has 8 nitrogen and oxygen atoms in total. The standard InChI is InChI=1S/C15H8Cl2N4O4/c16-9-5-8(6-10(17)7-9)14-19-20-15(25-14)18-13(22)11-3-1-2-4-12(11)21(23)24/h1-7H,(H,18,20,22). The van der Waals surface area contributed by atoms with E-state index in [9.17, 15) is 14.9 Å². The van der Waals surface area contributed by atoms with Gasteiger partial charge in [0.15, 0.2) is 0 Å². The van der Waals surface area contributed by atoms with Crippen molar-refractivity contribution < 1.29 is 14.1 Å². The summed E-state index contributed by atoms with van der Waals surface area (Å²) < 4.78 is 5.33. The monoisotopic (exact) mass is 378 g/mol. The molecular weight excluding hydrogens is 371 g/mol. The van der Waals surface area contributed by atoms with E-state index in [2.05, 4.69) is 15.5 Å². The van der Waals surface area contributed by atoms with Crippen LogP contribution in [-0.4, -0.2) is 21.0 Å². The average Bonchev–Trinajstić information content (AvgIpc) is 3.02. The van der Waals surface area contributed by atoms with Crippen LogP contribution in [0.5, 0.6) is 0 Å². The van der Waals surface area contributed by atoms with Crippen LogP contribution in [0.2, 0.25) is 10.0 Å². The molecular formula is C15H8Cl2N4O4. The lowest BCUT2D eigenvalue weighted by Gasteiger charge is -2.01. The summed E-state index contributed by atoms with van der Waals surface area (Å²) in [6.45, 7) is 0. The van der Waals surface area contributed by atoms with Crippen LogP contribution in [0.3, 0.4) is 0 Å². The second-order valence-corrected chi connectivity index (χ2v) is 5.67. The van der Waals surface area contributed by atoms with Crippen LogP contribution in [0, 0.1) is 10.1 Å². The number of hydrogen-bond acceptors (Lipinski definition) is 6. The van der Waals surface area contributed by atoms with E-state index in [1.165, 1.54) is 24.3 Å². The first kappa shape index (κ1) is 16.9. The average molecular weight is 379 g/mol. The molecule has 0 bridgehead atoms. The highest BCUT2D eigenvalue weighted by atomic mass is 35.5. The summed E-state index contributed by atoms with van der Waals surface area (Å²) in [6.07, 6.45) is 0. The Morgan fingerprint density at radius 3 is 2.48 bits per heavy atom. The van der Waals surface area contributed by atoms with Crippen LogP contribution in [0.4, 0.5) is 11.7 Å². The Morgan fingerprint density at radius 2 is 1.80 bits per heavy atom. The lowest BCUT2D eigenvalue weighted by molar-refractivity contribution is -0.385. The molecule has 3 aromatic rings. The molecule has 10 heteroatoms. The van der Waals surface area contributed by atoms with Crippen LogP contribution in [-0.2, 0) is 0 Å². The lowest BCUT2D eigenvalue weighted by Crippen LogP contribution is -2.14. The van der Waals surface area contributed by atoms with E-state index in [1.54, 1.807) is 18.2 Å². The zero-order valence-electron chi connectivity index (χ0n) is 12.3. The number of nitrogens with one attached hydrogen (secondary N) is 1. The van der Waals surface area contributed by atoms with Gasteiger partial charge in [0.2, 0.25) is 5.89 Å². The number of rotatable bonds is 4. The minimum absolute atomic E-state index is 0.0854. The predicted octanol–water partition coefficient (Wildman–Crippen LogP) is 4.20. The Balaban J connectivity index is 1.84. The predicted molar refractivity (Wildman–Crippen MR) is 90.8 cm³/mol. The van der Waals surface area contributed by atoms with Gasteiger partial charge < -0.3 is 4.42 Å². The molecule has 0 aliphatic heterocycles. The Morgan fingerprint density at radius 1 is 1.12 bits per heavy atom. The number of carbonyl (C=O) groups excluding carboxylic acids is 1. The van der Waals surface area contributed by atoms with Crippen molar-refractivity contribution in [3.05, 3.63) is 68.2 Å². The molecule has 0 aliphatic rings. The third-order valence-electron chi connectivity index (χ3n) is 3.10. The molecule has 3 rings (SSSR count). The smallest absolute Gasteiger partial charge is 0.322 e. The van der Waals surface area contributed by atoms with Crippen LogP contribution < -0.4 is 5.32 Å². The molecule has 0 saturated heterocycles. The number of carbonyl (C=O) groups is 1. The first-order valence-corrected chi connectivity index (χ1v) is 7.54. The summed E-state index contributed by atoms with van der Waals surface area (Å²) in [7, 11) is 0. The molecule has 25 heavy (non-hydrogen) atoms. The number of benzene rings is 2. The first-order chi connectivity index (χ1) is 11.9. The Kier molecular flexibility index (Phi) is 4.64. The van der Waals surface area contributed by atoms with Crippen molar-refractivity contribution in [3.8, 4) is 11.5 Å². The third-order valence-corrected chi connectivity index (χ3v) is 3.54. The molecule has 0 radical (unpaired) electrons. The number of halogens is 2. The Hall–Kier alpha value is -2.97.